The number of nitrogens with zero attached hydrogens (tertiary/aromatic N) is 2. The van der Waals surface area contributed by atoms with Crippen LogP contribution in [-0.4, -0.2) is 22.1 Å². The van der Waals surface area contributed by atoms with Crippen molar-refractivity contribution in [3.05, 3.63) is 48.0 Å². The Morgan fingerprint density at radius 2 is 2.22 bits per heavy atom. The van der Waals surface area contributed by atoms with Crippen molar-refractivity contribution in [1.82, 2.24) is 9.55 Å². The first-order chi connectivity index (χ1) is 8.68. The van der Waals surface area contributed by atoms with Crippen LogP contribution in [0, 0.1) is 13.8 Å². The average Bonchev–Trinajstić information content (AvgIpc) is 2.88. The van der Waals surface area contributed by atoms with Gasteiger partial charge in [0.25, 0.3) is 0 Å². The second-order valence-electron chi connectivity index (χ2n) is 4.16. The highest BCUT2D eigenvalue weighted by atomic mass is 16.5. The Balaban J connectivity index is 1.89. The second kappa shape index (κ2) is 5.49. The third kappa shape index (κ3) is 2.77. The van der Waals surface area contributed by atoms with Crippen LogP contribution in [0.15, 0.2) is 36.9 Å². The lowest BCUT2D eigenvalue weighted by atomic mass is 10.1. The first-order valence-electron chi connectivity index (χ1n) is 5.88. The van der Waals surface area contributed by atoms with Crippen LogP contribution in [0.3, 0.4) is 0 Å². The molecular formula is C14H16N2O2. The van der Waals surface area contributed by atoms with Gasteiger partial charge in [-0.25, -0.2) is 4.98 Å². The van der Waals surface area contributed by atoms with Gasteiger partial charge < -0.3 is 4.74 Å². The average molecular weight is 244 g/mol. The van der Waals surface area contributed by atoms with Crippen molar-refractivity contribution in [3.8, 4) is 5.75 Å². The molecule has 0 aliphatic heterocycles. The maximum atomic E-state index is 11.7. The largest absolute Gasteiger partial charge is 0.493 e. The molecule has 2 rings (SSSR count). The van der Waals surface area contributed by atoms with Crippen molar-refractivity contribution in [2.24, 2.45) is 0 Å². The number of rotatable bonds is 4. The van der Waals surface area contributed by atoms with Crippen LogP contribution in [0.5, 0.6) is 5.75 Å². The molecule has 4 nitrogen and oxygen atoms in total. The summed E-state index contributed by atoms with van der Waals surface area (Å²) < 4.78 is 7.10. The highest BCUT2D eigenvalue weighted by molar-refractivity contribution is 5.78. The Hall–Kier alpha value is -2.10. The SMILES string of the molecule is Cc1cccc(OCCC(=O)n2ccnc2)c1C. The van der Waals surface area contributed by atoms with Gasteiger partial charge in [-0.1, -0.05) is 12.1 Å². The maximum Gasteiger partial charge on any atom is 0.235 e. The molecule has 94 valence electrons. The van der Waals surface area contributed by atoms with E-state index in [0.29, 0.717) is 13.0 Å². The highest BCUT2D eigenvalue weighted by Crippen LogP contribution is 2.20. The maximum absolute atomic E-state index is 11.7. The summed E-state index contributed by atoms with van der Waals surface area (Å²) in [5.74, 6) is 0.825. The van der Waals surface area contributed by atoms with E-state index in [1.54, 1.807) is 12.4 Å². The zero-order valence-corrected chi connectivity index (χ0v) is 10.6. The molecule has 0 aliphatic carbocycles. The Morgan fingerprint density at radius 3 is 2.94 bits per heavy atom. The zero-order valence-electron chi connectivity index (χ0n) is 10.6. The number of hydrogen-bond donors (Lipinski definition) is 0. The molecule has 0 saturated heterocycles. The fraction of sp³-hybridized carbons (Fsp3) is 0.286. The van der Waals surface area contributed by atoms with Crippen molar-refractivity contribution in [3.63, 3.8) is 0 Å². The number of carbonyl (C=O) groups excluding carboxylic acids is 1. The van der Waals surface area contributed by atoms with Gasteiger partial charge in [0.2, 0.25) is 5.91 Å². The molecule has 0 atom stereocenters. The number of aryl methyl sites for hydroxylation is 1. The summed E-state index contributed by atoms with van der Waals surface area (Å²) in [4.78, 5) is 15.5. The van der Waals surface area contributed by atoms with Crippen LogP contribution >= 0.6 is 0 Å². The number of carbonyl (C=O) groups is 1. The minimum Gasteiger partial charge on any atom is -0.493 e. The fourth-order valence-corrected chi connectivity index (χ4v) is 1.66. The van der Waals surface area contributed by atoms with Gasteiger partial charge in [0, 0.05) is 12.4 Å². The number of ether oxygens (including phenoxy) is 1. The van der Waals surface area contributed by atoms with E-state index in [0.717, 1.165) is 11.3 Å². The molecule has 0 spiro atoms. The molecule has 0 radical (unpaired) electrons. The van der Waals surface area contributed by atoms with Gasteiger partial charge in [-0.05, 0) is 31.0 Å². The van der Waals surface area contributed by atoms with Gasteiger partial charge in [0.15, 0.2) is 0 Å². The Morgan fingerprint density at radius 1 is 1.39 bits per heavy atom. The van der Waals surface area contributed by atoms with Gasteiger partial charge in [0.05, 0.1) is 13.0 Å². The topological polar surface area (TPSA) is 44.1 Å². The molecule has 0 amide bonds. The number of benzene rings is 1. The van der Waals surface area contributed by atoms with Crippen LogP contribution in [0.2, 0.25) is 0 Å². The van der Waals surface area contributed by atoms with Crippen LogP contribution in [0.4, 0.5) is 0 Å². The van der Waals surface area contributed by atoms with Gasteiger partial charge in [-0.3, -0.25) is 9.36 Å². The molecule has 0 N–H and O–H groups in total. The van der Waals surface area contributed by atoms with E-state index in [2.05, 4.69) is 4.98 Å². The lowest BCUT2D eigenvalue weighted by Crippen LogP contribution is -2.13. The zero-order chi connectivity index (χ0) is 13.0. The van der Waals surface area contributed by atoms with Crippen LogP contribution in [0.25, 0.3) is 0 Å². The normalized spacial score (nSPS) is 10.3. The van der Waals surface area contributed by atoms with E-state index in [1.807, 2.05) is 32.0 Å². The van der Waals surface area contributed by atoms with Crippen molar-refractivity contribution in [2.75, 3.05) is 6.61 Å². The first-order valence-corrected chi connectivity index (χ1v) is 5.88. The Labute approximate surface area is 106 Å². The minimum absolute atomic E-state index is 0.0159. The third-order valence-electron chi connectivity index (χ3n) is 2.92. The standard InChI is InChI=1S/C14H16N2O2/c1-11-4-3-5-13(12(11)2)18-9-6-14(17)16-8-7-15-10-16/h3-5,7-8,10H,6,9H2,1-2H3. The van der Waals surface area contributed by atoms with E-state index in [9.17, 15) is 4.79 Å². The molecule has 18 heavy (non-hydrogen) atoms. The molecule has 0 aliphatic rings. The number of aromatic nitrogens is 2. The summed E-state index contributed by atoms with van der Waals surface area (Å²) in [5.41, 5.74) is 2.31. The molecule has 0 bridgehead atoms. The van der Waals surface area contributed by atoms with Crippen molar-refractivity contribution < 1.29 is 9.53 Å². The Kier molecular flexibility index (Phi) is 3.77. The number of hydrogen-bond acceptors (Lipinski definition) is 3. The lowest BCUT2D eigenvalue weighted by molar-refractivity contribution is 0.0881. The van der Waals surface area contributed by atoms with E-state index in [4.69, 9.17) is 4.74 Å². The van der Waals surface area contributed by atoms with Crippen molar-refractivity contribution in [2.45, 2.75) is 20.3 Å². The fourth-order valence-electron chi connectivity index (χ4n) is 1.66. The minimum atomic E-state index is -0.0159. The van der Waals surface area contributed by atoms with Crippen molar-refractivity contribution in [1.29, 1.82) is 0 Å². The molecule has 2 aromatic rings. The van der Waals surface area contributed by atoms with Gasteiger partial charge >= 0.3 is 0 Å². The molecule has 0 fully saturated rings. The predicted molar refractivity (Wildman–Crippen MR) is 68.9 cm³/mol. The summed E-state index contributed by atoms with van der Waals surface area (Å²) >= 11 is 0. The highest BCUT2D eigenvalue weighted by Gasteiger charge is 2.06. The molecule has 0 saturated carbocycles. The van der Waals surface area contributed by atoms with E-state index >= 15 is 0 Å². The van der Waals surface area contributed by atoms with Gasteiger partial charge in [-0.2, -0.15) is 0 Å². The lowest BCUT2D eigenvalue weighted by Gasteiger charge is -2.10. The van der Waals surface area contributed by atoms with Crippen LogP contribution in [-0.2, 0) is 0 Å². The monoisotopic (exact) mass is 244 g/mol. The summed E-state index contributed by atoms with van der Waals surface area (Å²) in [6, 6.07) is 5.91. The predicted octanol–water partition coefficient (Wildman–Crippen LogP) is 2.61. The quantitative estimate of drug-likeness (QED) is 0.830. The summed E-state index contributed by atoms with van der Waals surface area (Å²) in [6.45, 7) is 4.43. The van der Waals surface area contributed by atoms with E-state index in [-0.39, 0.29) is 5.91 Å². The molecule has 4 heteroatoms. The number of imidazole rings is 1. The van der Waals surface area contributed by atoms with Crippen LogP contribution in [0.1, 0.15) is 22.3 Å². The second-order valence-corrected chi connectivity index (χ2v) is 4.16. The summed E-state index contributed by atoms with van der Waals surface area (Å²) in [5, 5.41) is 0. The third-order valence-corrected chi connectivity index (χ3v) is 2.92. The van der Waals surface area contributed by atoms with E-state index < -0.39 is 0 Å². The molecule has 1 heterocycles. The van der Waals surface area contributed by atoms with Gasteiger partial charge in [0.1, 0.15) is 12.1 Å². The first kappa shape index (κ1) is 12.4. The smallest absolute Gasteiger partial charge is 0.235 e. The van der Waals surface area contributed by atoms with Crippen molar-refractivity contribution >= 4 is 5.91 Å². The summed E-state index contributed by atoms with van der Waals surface area (Å²) in [7, 11) is 0. The van der Waals surface area contributed by atoms with E-state index in [1.165, 1.54) is 16.5 Å². The van der Waals surface area contributed by atoms with Crippen LogP contribution < -0.4 is 4.74 Å². The molecular weight excluding hydrogens is 228 g/mol. The Bertz CT molecular complexity index is 533. The van der Waals surface area contributed by atoms with Gasteiger partial charge in [-0.15, -0.1) is 0 Å². The molecule has 1 aromatic heterocycles. The molecule has 0 unspecified atom stereocenters. The summed E-state index contributed by atoms with van der Waals surface area (Å²) in [6.07, 6.45) is 5.06. The molecule has 1 aromatic carbocycles.